The molecule has 2 aromatic carbocycles. The molecule has 0 amide bonds. The zero-order chi connectivity index (χ0) is 15.4. The summed E-state index contributed by atoms with van der Waals surface area (Å²) in [6.45, 7) is 0.482. The number of carboxylic acid groups (broad SMARTS) is 1. The monoisotopic (exact) mass is 294 g/mol. The molecule has 0 saturated heterocycles. The predicted molar refractivity (Wildman–Crippen MR) is 81.9 cm³/mol. The number of hydrogen-bond acceptors (Lipinski definition) is 3. The number of ether oxygens (including phenoxy) is 1. The Morgan fingerprint density at radius 2 is 1.82 bits per heavy atom. The van der Waals surface area contributed by atoms with Crippen LogP contribution in [0.15, 0.2) is 71.3 Å². The average Bonchev–Trinajstić information content (AvgIpc) is 3.05. The van der Waals surface area contributed by atoms with Gasteiger partial charge < -0.3 is 14.3 Å². The van der Waals surface area contributed by atoms with Crippen LogP contribution in [-0.2, 0) is 6.61 Å². The van der Waals surface area contributed by atoms with Gasteiger partial charge in [-0.2, -0.15) is 0 Å². The van der Waals surface area contributed by atoms with Crippen molar-refractivity contribution in [1.82, 2.24) is 0 Å². The number of aromatic carboxylic acids is 1. The molecule has 3 rings (SSSR count). The zero-order valence-electron chi connectivity index (χ0n) is 11.7. The van der Waals surface area contributed by atoms with Gasteiger partial charge in [0.05, 0.1) is 6.26 Å². The number of carbonyl (C=O) groups is 1. The van der Waals surface area contributed by atoms with Crippen molar-refractivity contribution in [3.63, 3.8) is 0 Å². The van der Waals surface area contributed by atoms with E-state index >= 15 is 0 Å². The van der Waals surface area contributed by atoms with E-state index in [-0.39, 0.29) is 5.76 Å². The first-order valence-electron chi connectivity index (χ1n) is 6.81. The number of furan rings is 1. The second kappa shape index (κ2) is 6.18. The lowest BCUT2D eigenvalue weighted by molar-refractivity contribution is 0.0662. The molecule has 1 heterocycles. The first-order valence-corrected chi connectivity index (χ1v) is 6.81. The molecule has 1 aromatic heterocycles. The third kappa shape index (κ3) is 3.17. The van der Waals surface area contributed by atoms with Crippen molar-refractivity contribution in [3.8, 4) is 16.9 Å². The van der Waals surface area contributed by atoms with Crippen LogP contribution in [0.2, 0.25) is 0 Å². The molecule has 0 saturated carbocycles. The van der Waals surface area contributed by atoms with E-state index in [0.717, 1.165) is 16.9 Å². The van der Waals surface area contributed by atoms with Crippen molar-refractivity contribution in [2.24, 2.45) is 0 Å². The van der Waals surface area contributed by atoms with E-state index in [1.807, 2.05) is 54.6 Å². The van der Waals surface area contributed by atoms with Crippen molar-refractivity contribution in [2.75, 3.05) is 0 Å². The molecule has 0 fully saturated rings. The van der Waals surface area contributed by atoms with E-state index in [2.05, 4.69) is 0 Å². The summed E-state index contributed by atoms with van der Waals surface area (Å²) in [4.78, 5) is 10.9. The second-order valence-corrected chi connectivity index (χ2v) is 4.81. The first-order chi connectivity index (χ1) is 10.7. The van der Waals surface area contributed by atoms with E-state index in [1.165, 1.54) is 12.3 Å². The van der Waals surface area contributed by atoms with Gasteiger partial charge >= 0.3 is 5.97 Å². The van der Waals surface area contributed by atoms with Crippen LogP contribution in [0.5, 0.6) is 5.75 Å². The van der Waals surface area contributed by atoms with Crippen molar-refractivity contribution < 1.29 is 19.1 Å². The number of carboxylic acids is 1. The van der Waals surface area contributed by atoms with Gasteiger partial charge in [0.25, 0.3) is 0 Å². The van der Waals surface area contributed by atoms with Crippen LogP contribution in [-0.4, -0.2) is 11.1 Å². The summed E-state index contributed by atoms with van der Waals surface area (Å²) in [5.41, 5.74) is 2.65. The Morgan fingerprint density at radius 3 is 2.55 bits per heavy atom. The van der Waals surface area contributed by atoms with Gasteiger partial charge in [-0.15, -0.1) is 0 Å². The standard InChI is InChI=1S/C18H14O4/c19-18(20)17-10-15(12-22-17)14-7-4-8-16(9-14)21-11-13-5-2-1-3-6-13/h1-10,12H,11H2,(H,19,20). The summed E-state index contributed by atoms with van der Waals surface area (Å²) < 4.78 is 10.8. The molecule has 0 aliphatic rings. The van der Waals surface area contributed by atoms with E-state index in [9.17, 15) is 4.79 Å². The van der Waals surface area contributed by atoms with Crippen LogP contribution in [0.3, 0.4) is 0 Å². The van der Waals surface area contributed by atoms with E-state index in [0.29, 0.717) is 12.2 Å². The lowest BCUT2D eigenvalue weighted by atomic mass is 10.1. The highest BCUT2D eigenvalue weighted by atomic mass is 16.5. The fraction of sp³-hybridized carbons (Fsp3) is 0.0556. The van der Waals surface area contributed by atoms with Gasteiger partial charge in [-0.1, -0.05) is 42.5 Å². The highest BCUT2D eigenvalue weighted by molar-refractivity contribution is 5.86. The predicted octanol–water partition coefficient (Wildman–Crippen LogP) is 4.22. The van der Waals surface area contributed by atoms with Gasteiger partial charge in [0, 0.05) is 5.56 Å². The SMILES string of the molecule is O=C(O)c1cc(-c2cccc(OCc3ccccc3)c2)co1. The van der Waals surface area contributed by atoms with E-state index in [1.54, 1.807) is 0 Å². The average molecular weight is 294 g/mol. The van der Waals surface area contributed by atoms with Crippen molar-refractivity contribution >= 4 is 5.97 Å². The van der Waals surface area contributed by atoms with E-state index < -0.39 is 5.97 Å². The summed E-state index contributed by atoms with van der Waals surface area (Å²) in [5, 5.41) is 8.89. The van der Waals surface area contributed by atoms with Gasteiger partial charge in [-0.3, -0.25) is 0 Å². The van der Waals surface area contributed by atoms with Gasteiger partial charge in [0.15, 0.2) is 0 Å². The molecule has 0 atom stereocenters. The maximum atomic E-state index is 10.9. The molecule has 0 aliphatic heterocycles. The molecular weight excluding hydrogens is 280 g/mol. The smallest absolute Gasteiger partial charge is 0.371 e. The number of hydrogen-bond donors (Lipinski definition) is 1. The van der Waals surface area contributed by atoms with Crippen molar-refractivity contribution in [3.05, 3.63) is 78.3 Å². The maximum absolute atomic E-state index is 10.9. The molecule has 1 N–H and O–H groups in total. The lowest BCUT2D eigenvalue weighted by Crippen LogP contribution is -1.95. The summed E-state index contributed by atoms with van der Waals surface area (Å²) >= 11 is 0. The van der Waals surface area contributed by atoms with Crippen molar-refractivity contribution in [1.29, 1.82) is 0 Å². The molecule has 4 heteroatoms. The van der Waals surface area contributed by atoms with Crippen LogP contribution in [0.25, 0.3) is 11.1 Å². The number of rotatable bonds is 5. The van der Waals surface area contributed by atoms with Gasteiger partial charge in [0.1, 0.15) is 12.4 Å². The first kappa shape index (κ1) is 13.9. The van der Waals surface area contributed by atoms with Gasteiger partial charge in [0.2, 0.25) is 5.76 Å². The summed E-state index contributed by atoms with van der Waals surface area (Å²) in [6, 6.07) is 18.9. The Kier molecular flexibility index (Phi) is 3.92. The molecule has 0 bridgehead atoms. The lowest BCUT2D eigenvalue weighted by Gasteiger charge is -2.07. The third-order valence-electron chi connectivity index (χ3n) is 3.23. The summed E-state index contributed by atoms with van der Waals surface area (Å²) in [7, 11) is 0. The molecule has 3 aromatic rings. The topological polar surface area (TPSA) is 59.7 Å². The second-order valence-electron chi connectivity index (χ2n) is 4.81. The fourth-order valence-corrected chi connectivity index (χ4v) is 2.11. The molecule has 0 spiro atoms. The van der Waals surface area contributed by atoms with Crippen molar-refractivity contribution in [2.45, 2.75) is 6.61 Å². The summed E-state index contributed by atoms with van der Waals surface area (Å²) in [5.74, 6) is -0.437. The largest absolute Gasteiger partial charge is 0.489 e. The van der Waals surface area contributed by atoms with Gasteiger partial charge in [-0.25, -0.2) is 4.79 Å². The Bertz CT molecular complexity index is 775. The highest BCUT2D eigenvalue weighted by Gasteiger charge is 2.10. The van der Waals surface area contributed by atoms with Crippen LogP contribution in [0, 0.1) is 0 Å². The normalized spacial score (nSPS) is 10.4. The minimum atomic E-state index is -1.08. The van der Waals surface area contributed by atoms with Crippen LogP contribution in [0.1, 0.15) is 16.1 Å². The Morgan fingerprint density at radius 1 is 1.00 bits per heavy atom. The van der Waals surface area contributed by atoms with Crippen LogP contribution < -0.4 is 4.74 Å². The third-order valence-corrected chi connectivity index (χ3v) is 3.23. The molecule has 0 radical (unpaired) electrons. The Labute approximate surface area is 127 Å². The molecule has 110 valence electrons. The molecular formula is C18H14O4. The van der Waals surface area contributed by atoms with E-state index in [4.69, 9.17) is 14.3 Å². The minimum Gasteiger partial charge on any atom is -0.489 e. The minimum absolute atomic E-state index is 0.0781. The highest BCUT2D eigenvalue weighted by Crippen LogP contribution is 2.26. The molecule has 0 unspecified atom stereocenters. The zero-order valence-corrected chi connectivity index (χ0v) is 11.7. The number of benzene rings is 2. The Balaban J connectivity index is 1.75. The molecule has 22 heavy (non-hydrogen) atoms. The fourth-order valence-electron chi connectivity index (χ4n) is 2.11. The molecule has 0 aliphatic carbocycles. The van der Waals surface area contributed by atoms with Gasteiger partial charge in [-0.05, 0) is 29.3 Å². The maximum Gasteiger partial charge on any atom is 0.371 e. The Hall–Kier alpha value is -3.01. The van der Waals surface area contributed by atoms with Crippen LogP contribution >= 0.6 is 0 Å². The quantitative estimate of drug-likeness (QED) is 0.765. The summed E-state index contributed by atoms with van der Waals surface area (Å²) in [6.07, 6.45) is 1.43. The van der Waals surface area contributed by atoms with Crippen LogP contribution in [0.4, 0.5) is 0 Å². The molecule has 4 nitrogen and oxygen atoms in total.